The van der Waals surface area contributed by atoms with Gasteiger partial charge < -0.3 is 5.32 Å². The van der Waals surface area contributed by atoms with E-state index in [2.05, 4.69) is 17.0 Å². The van der Waals surface area contributed by atoms with E-state index >= 15 is 0 Å². The Balaban J connectivity index is 1.81. The highest BCUT2D eigenvalue weighted by molar-refractivity contribution is 7.89. The van der Waals surface area contributed by atoms with Crippen LogP contribution in [0.5, 0.6) is 0 Å². The number of rotatable bonds is 6. The summed E-state index contributed by atoms with van der Waals surface area (Å²) in [6.07, 6.45) is 2.57. The average Bonchev–Trinajstić information content (AvgIpc) is 3.39. The van der Waals surface area contributed by atoms with Crippen LogP contribution in [0, 0.1) is 0 Å². The van der Waals surface area contributed by atoms with Crippen LogP contribution in [-0.4, -0.2) is 20.4 Å². The summed E-state index contributed by atoms with van der Waals surface area (Å²) in [6.45, 7) is 2.05. The average molecular weight is 379 g/mol. The van der Waals surface area contributed by atoms with Crippen molar-refractivity contribution in [3.63, 3.8) is 0 Å². The molecule has 1 amide bonds. The van der Waals surface area contributed by atoms with E-state index < -0.39 is 10.0 Å². The number of anilines is 1. The molecule has 0 unspecified atom stereocenters. The lowest BCUT2D eigenvalue weighted by molar-refractivity contribution is 0.102. The van der Waals surface area contributed by atoms with Gasteiger partial charge in [-0.05, 0) is 55.2 Å². The number of benzene rings is 2. The van der Waals surface area contributed by atoms with Gasteiger partial charge in [0.1, 0.15) is 4.90 Å². The van der Waals surface area contributed by atoms with Crippen molar-refractivity contribution < 1.29 is 13.2 Å². The molecular weight excluding hydrogens is 360 g/mol. The van der Waals surface area contributed by atoms with Gasteiger partial charge in [0, 0.05) is 17.3 Å². The Morgan fingerprint density at radius 3 is 2.44 bits per heavy atom. The molecule has 0 aliphatic heterocycles. The molecule has 2 aromatic carbocycles. The second-order valence-electron chi connectivity index (χ2n) is 6.05. The van der Waals surface area contributed by atoms with Gasteiger partial charge in [-0.15, -0.1) is 0 Å². The summed E-state index contributed by atoms with van der Waals surface area (Å²) >= 11 is 6.03. The van der Waals surface area contributed by atoms with Crippen LogP contribution in [0.4, 0.5) is 5.69 Å². The minimum Gasteiger partial charge on any atom is -0.322 e. The third kappa shape index (κ3) is 4.39. The summed E-state index contributed by atoms with van der Waals surface area (Å²) in [5.41, 5.74) is 2.06. The lowest BCUT2D eigenvalue weighted by Gasteiger charge is -2.10. The molecule has 7 heteroatoms. The molecule has 0 radical (unpaired) electrons. The minimum absolute atomic E-state index is 0.0318. The zero-order valence-corrected chi connectivity index (χ0v) is 15.3. The fourth-order valence-corrected chi connectivity index (χ4v) is 4.19. The zero-order valence-electron chi connectivity index (χ0n) is 13.8. The molecule has 5 nitrogen and oxygen atoms in total. The number of hydrogen-bond acceptors (Lipinski definition) is 3. The van der Waals surface area contributed by atoms with Crippen LogP contribution < -0.4 is 10.0 Å². The summed E-state index contributed by atoms with van der Waals surface area (Å²) in [5.74, 6) is -0.385. The molecule has 0 aromatic heterocycles. The van der Waals surface area contributed by atoms with Gasteiger partial charge in [0.05, 0.1) is 5.02 Å². The van der Waals surface area contributed by atoms with Crippen molar-refractivity contribution in [2.75, 3.05) is 5.32 Å². The van der Waals surface area contributed by atoms with E-state index in [9.17, 15) is 13.2 Å². The molecule has 2 aromatic rings. The molecule has 0 atom stereocenters. The van der Waals surface area contributed by atoms with Crippen molar-refractivity contribution >= 4 is 33.2 Å². The highest BCUT2D eigenvalue weighted by Gasteiger charge is 2.29. The number of aryl methyl sites for hydroxylation is 1. The van der Waals surface area contributed by atoms with Gasteiger partial charge in [-0.3, -0.25) is 4.79 Å². The predicted octanol–water partition coefficient (Wildman–Crippen LogP) is 3.60. The van der Waals surface area contributed by atoms with Crippen LogP contribution in [0.2, 0.25) is 5.02 Å². The number of carbonyl (C=O) groups is 1. The van der Waals surface area contributed by atoms with Crippen molar-refractivity contribution in [1.82, 2.24) is 4.72 Å². The van der Waals surface area contributed by atoms with Crippen LogP contribution in [0.25, 0.3) is 0 Å². The summed E-state index contributed by atoms with van der Waals surface area (Å²) in [5, 5.41) is 2.86. The second-order valence-corrected chi connectivity index (χ2v) is 8.13. The van der Waals surface area contributed by atoms with E-state index in [4.69, 9.17) is 11.6 Å². The van der Waals surface area contributed by atoms with Gasteiger partial charge in [-0.1, -0.05) is 30.7 Å². The molecule has 25 heavy (non-hydrogen) atoms. The van der Waals surface area contributed by atoms with E-state index in [-0.39, 0.29) is 27.4 Å². The van der Waals surface area contributed by atoms with Crippen LogP contribution in [0.15, 0.2) is 47.4 Å². The fraction of sp³-hybridized carbons (Fsp3) is 0.278. The number of halogens is 1. The molecular formula is C18H19ClN2O3S. The maximum Gasteiger partial charge on any atom is 0.255 e. The van der Waals surface area contributed by atoms with Crippen molar-refractivity contribution in [2.45, 2.75) is 37.1 Å². The molecule has 1 aliphatic carbocycles. The topological polar surface area (TPSA) is 75.3 Å². The summed E-state index contributed by atoms with van der Waals surface area (Å²) in [6, 6.07) is 11.7. The molecule has 2 N–H and O–H groups in total. The summed E-state index contributed by atoms with van der Waals surface area (Å²) in [4.78, 5) is 12.4. The van der Waals surface area contributed by atoms with Crippen molar-refractivity contribution in [2.24, 2.45) is 0 Å². The molecule has 1 aliphatic rings. The maximum atomic E-state index is 12.4. The lowest BCUT2D eigenvalue weighted by atomic mass is 10.1. The number of sulfonamides is 1. The Morgan fingerprint density at radius 1 is 1.16 bits per heavy atom. The summed E-state index contributed by atoms with van der Waals surface area (Å²) in [7, 11) is -3.73. The molecule has 0 saturated heterocycles. The normalized spacial score (nSPS) is 14.3. The maximum absolute atomic E-state index is 12.4. The van der Waals surface area contributed by atoms with Crippen LogP contribution in [0.1, 0.15) is 35.7 Å². The first kappa shape index (κ1) is 17.9. The number of hydrogen-bond donors (Lipinski definition) is 2. The predicted molar refractivity (Wildman–Crippen MR) is 98.6 cm³/mol. The lowest BCUT2D eigenvalue weighted by Crippen LogP contribution is -2.26. The highest BCUT2D eigenvalue weighted by atomic mass is 35.5. The van der Waals surface area contributed by atoms with E-state index in [1.165, 1.54) is 23.8 Å². The third-order valence-electron chi connectivity index (χ3n) is 4.00. The first-order valence-corrected chi connectivity index (χ1v) is 9.97. The Kier molecular flexibility index (Phi) is 5.13. The van der Waals surface area contributed by atoms with Crippen molar-refractivity contribution in [1.29, 1.82) is 0 Å². The largest absolute Gasteiger partial charge is 0.322 e. The van der Waals surface area contributed by atoms with Crippen LogP contribution >= 0.6 is 11.6 Å². The summed E-state index contributed by atoms with van der Waals surface area (Å²) < 4.78 is 27.3. The standard InChI is InChI=1S/C18H19ClN2O3S/c1-2-12-3-6-14(7-4-12)20-18(22)13-5-10-16(19)17(11-13)25(23,24)21-15-8-9-15/h3-7,10-11,15,21H,2,8-9H2,1H3,(H,20,22). The van der Waals surface area contributed by atoms with E-state index in [0.717, 1.165) is 19.3 Å². The molecule has 3 rings (SSSR count). The number of amides is 1. The Bertz CT molecular complexity index is 891. The van der Waals surface area contributed by atoms with Gasteiger partial charge in [0.2, 0.25) is 10.0 Å². The monoisotopic (exact) mass is 378 g/mol. The van der Waals surface area contributed by atoms with Gasteiger partial charge >= 0.3 is 0 Å². The van der Waals surface area contributed by atoms with Crippen molar-refractivity contribution in [3.8, 4) is 0 Å². The van der Waals surface area contributed by atoms with E-state index in [0.29, 0.717) is 5.69 Å². The Hall–Kier alpha value is -1.89. The van der Waals surface area contributed by atoms with Gasteiger partial charge in [-0.25, -0.2) is 13.1 Å². The Morgan fingerprint density at radius 2 is 1.84 bits per heavy atom. The smallest absolute Gasteiger partial charge is 0.255 e. The van der Waals surface area contributed by atoms with E-state index in [1.54, 1.807) is 0 Å². The van der Waals surface area contributed by atoms with Gasteiger partial charge in [0.25, 0.3) is 5.91 Å². The van der Waals surface area contributed by atoms with Gasteiger partial charge in [-0.2, -0.15) is 0 Å². The first-order chi connectivity index (χ1) is 11.9. The molecule has 0 bridgehead atoms. The molecule has 1 saturated carbocycles. The molecule has 1 fully saturated rings. The third-order valence-corrected chi connectivity index (χ3v) is 6.00. The molecule has 132 valence electrons. The Labute approximate surface area is 152 Å². The quantitative estimate of drug-likeness (QED) is 0.806. The number of carbonyl (C=O) groups excluding carboxylic acids is 1. The first-order valence-electron chi connectivity index (χ1n) is 8.11. The second kappa shape index (κ2) is 7.15. The fourth-order valence-electron chi connectivity index (χ4n) is 2.36. The highest BCUT2D eigenvalue weighted by Crippen LogP contribution is 2.27. The number of nitrogens with one attached hydrogen (secondary N) is 2. The zero-order chi connectivity index (χ0) is 18.0. The van der Waals surface area contributed by atoms with Crippen LogP contribution in [0.3, 0.4) is 0 Å². The molecule has 0 heterocycles. The van der Waals surface area contributed by atoms with Gasteiger partial charge in [0.15, 0.2) is 0 Å². The molecule has 0 spiro atoms. The minimum atomic E-state index is -3.73. The van der Waals surface area contributed by atoms with Crippen LogP contribution in [-0.2, 0) is 16.4 Å². The SMILES string of the molecule is CCc1ccc(NC(=O)c2ccc(Cl)c(S(=O)(=O)NC3CC3)c2)cc1. The van der Waals surface area contributed by atoms with E-state index in [1.807, 2.05) is 24.3 Å². The van der Waals surface area contributed by atoms with Crippen molar-refractivity contribution in [3.05, 3.63) is 58.6 Å².